The first-order chi connectivity index (χ1) is 12.1. The maximum absolute atomic E-state index is 13.7. The lowest BCUT2D eigenvalue weighted by Gasteiger charge is -2.14. The van der Waals surface area contributed by atoms with Crippen molar-refractivity contribution in [2.24, 2.45) is 4.99 Å². The summed E-state index contributed by atoms with van der Waals surface area (Å²) in [7, 11) is 3.17. The van der Waals surface area contributed by atoms with Crippen molar-refractivity contribution in [2.45, 2.75) is 24.9 Å². The highest BCUT2D eigenvalue weighted by Crippen LogP contribution is 2.21. The number of ether oxygens (including phenoxy) is 1. The van der Waals surface area contributed by atoms with Crippen LogP contribution in [0.2, 0.25) is 0 Å². The van der Waals surface area contributed by atoms with Crippen LogP contribution in [0.25, 0.3) is 0 Å². The third-order valence-corrected chi connectivity index (χ3v) is 4.61. The Morgan fingerprint density at radius 3 is 2.50 bits per heavy atom. The molecule has 0 bridgehead atoms. The first-order valence-electron chi connectivity index (χ1n) is 7.97. The van der Waals surface area contributed by atoms with E-state index in [1.54, 1.807) is 24.9 Å². The quantitative estimate of drug-likeness (QED) is 0.274. The number of rotatable bonds is 6. The maximum atomic E-state index is 13.7. The molecule has 0 amide bonds. The molecule has 142 valence electrons. The number of benzene rings is 2. The molecule has 0 saturated carbocycles. The van der Waals surface area contributed by atoms with Crippen molar-refractivity contribution in [3.05, 3.63) is 58.9 Å². The third-order valence-electron chi connectivity index (χ3n) is 3.79. The van der Waals surface area contributed by atoms with Gasteiger partial charge >= 0.3 is 0 Å². The Morgan fingerprint density at radius 1 is 1.15 bits per heavy atom. The van der Waals surface area contributed by atoms with Crippen molar-refractivity contribution in [1.82, 2.24) is 10.6 Å². The summed E-state index contributed by atoms with van der Waals surface area (Å²) < 4.78 is 18.7. The van der Waals surface area contributed by atoms with Gasteiger partial charge in [-0.05, 0) is 48.1 Å². The van der Waals surface area contributed by atoms with E-state index in [0.29, 0.717) is 19.0 Å². The molecule has 7 heteroatoms. The topological polar surface area (TPSA) is 45.7 Å². The molecule has 0 aliphatic carbocycles. The van der Waals surface area contributed by atoms with Gasteiger partial charge in [0.15, 0.2) is 17.5 Å². The van der Waals surface area contributed by atoms with Crippen molar-refractivity contribution < 1.29 is 9.13 Å². The Hall–Kier alpha value is -1.48. The average molecular weight is 489 g/mol. The fourth-order valence-electron chi connectivity index (χ4n) is 2.40. The summed E-state index contributed by atoms with van der Waals surface area (Å²) in [5, 5.41) is 6.49. The molecule has 0 heterocycles. The number of hydrogen-bond donors (Lipinski definition) is 2. The molecule has 0 atom stereocenters. The predicted octanol–water partition coefficient (Wildman–Crippen LogP) is 4.35. The van der Waals surface area contributed by atoms with Crippen LogP contribution in [-0.2, 0) is 13.1 Å². The van der Waals surface area contributed by atoms with Gasteiger partial charge in [-0.2, -0.15) is 0 Å². The summed E-state index contributed by atoms with van der Waals surface area (Å²) in [4.78, 5) is 5.47. The Labute approximate surface area is 176 Å². The number of nitrogens with zero attached hydrogens (tertiary/aromatic N) is 1. The lowest BCUT2D eigenvalue weighted by molar-refractivity contribution is 0.386. The van der Waals surface area contributed by atoms with Crippen LogP contribution in [0, 0.1) is 12.7 Å². The number of aliphatic imine (C=N–C) groups is 1. The number of hydrogen-bond acceptors (Lipinski definition) is 3. The van der Waals surface area contributed by atoms with Crippen LogP contribution in [-0.4, -0.2) is 26.4 Å². The van der Waals surface area contributed by atoms with Crippen molar-refractivity contribution in [1.29, 1.82) is 0 Å². The van der Waals surface area contributed by atoms with E-state index in [1.165, 1.54) is 29.2 Å². The van der Waals surface area contributed by atoms with Crippen molar-refractivity contribution in [2.75, 3.05) is 20.4 Å². The molecule has 0 spiro atoms. The molecule has 2 aromatic carbocycles. The van der Waals surface area contributed by atoms with E-state index in [2.05, 4.69) is 47.0 Å². The number of guanidine groups is 1. The summed E-state index contributed by atoms with van der Waals surface area (Å²) in [6.07, 6.45) is 2.07. The lowest BCUT2D eigenvalue weighted by Crippen LogP contribution is -2.36. The van der Waals surface area contributed by atoms with Crippen molar-refractivity contribution >= 4 is 41.7 Å². The zero-order valence-electron chi connectivity index (χ0n) is 15.4. The molecule has 26 heavy (non-hydrogen) atoms. The number of nitrogens with one attached hydrogen (secondary N) is 2. The number of aryl methyl sites for hydroxylation is 1. The van der Waals surface area contributed by atoms with Gasteiger partial charge < -0.3 is 15.4 Å². The normalized spacial score (nSPS) is 10.9. The third kappa shape index (κ3) is 6.35. The van der Waals surface area contributed by atoms with Gasteiger partial charge in [-0.15, -0.1) is 35.7 Å². The molecule has 0 radical (unpaired) electrons. The first kappa shape index (κ1) is 22.6. The van der Waals surface area contributed by atoms with Gasteiger partial charge in [0.05, 0.1) is 7.11 Å². The second-order valence-electron chi connectivity index (χ2n) is 5.56. The van der Waals surface area contributed by atoms with E-state index >= 15 is 0 Å². The van der Waals surface area contributed by atoms with Gasteiger partial charge in [0, 0.05) is 25.0 Å². The molecule has 2 N–H and O–H groups in total. The van der Waals surface area contributed by atoms with Crippen LogP contribution < -0.4 is 15.4 Å². The minimum atomic E-state index is -0.367. The number of methoxy groups -OCH3 is 1. The second-order valence-corrected chi connectivity index (χ2v) is 6.41. The molecule has 0 aliphatic rings. The van der Waals surface area contributed by atoms with Crippen LogP contribution in [0.4, 0.5) is 4.39 Å². The Kier molecular flexibility index (Phi) is 9.79. The van der Waals surface area contributed by atoms with Crippen LogP contribution >= 0.6 is 35.7 Å². The maximum Gasteiger partial charge on any atom is 0.191 e. The number of thioether (sulfide) groups is 1. The van der Waals surface area contributed by atoms with Gasteiger partial charge in [0.1, 0.15) is 0 Å². The second kappa shape index (κ2) is 11.3. The summed E-state index contributed by atoms with van der Waals surface area (Å²) >= 11 is 1.73. The molecule has 0 aromatic heterocycles. The zero-order chi connectivity index (χ0) is 18.2. The fraction of sp³-hybridized carbons (Fsp3) is 0.316. The molecular weight excluding hydrogens is 464 g/mol. The largest absolute Gasteiger partial charge is 0.494 e. The van der Waals surface area contributed by atoms with Gasteiger partial charge in [-0.3, -0.25) is 4.99 Å². The monoisotopic (exact) mass is 489 g/mol. The van der Waals surface area contributed by atoms with Gasteiger partial charge in [-0.1, -0.05) is 18.2 Å². The van der Waals surface area contributed by atoms with E-state index in [0.717, 1.165) is 5.56 Å². The summed E-state index contributed by atoms with van der Waals surface area (Å²) in [6, 6.07) is 11.3. The summed E-state index contributed by atoms with van der Waals surface area (Å²) in [5.41, 5.74) is 3.29. The Morgan fingerprint density at radius 2 is 1.88 bits per heavy atom. The molecule has 0 fully saturated rings. The Balaban J connectivity index is 0.00000338. The molecule has 0 saturated heterocycles. The minimum Gasteiger partial charge on any atom is -0.494 e. The molecule has 4 nitrogen and oxygen atoms in total. The van der Waals surface area contributed by atoms with Crippen LogP contribution in [0.1, 0.15) is 16.7 Å². The average Bonchev–Trinajstić information content (AvgIpc) is 2.62. The minimum absolute atomic E-state index is 0. The Bertz CT molecular complexity index is 756. The van der Waals surface area contributed by atoms with Crippen LogP contribution in [0.15, 0.2) is 46.3 Å². The van der Waals surface area contributed by atoms with Crippen molar-refractivity contribution in [3.8, 4) is 5.75 Å². The molecule has 2 rings (SSSR count). The molecule has 0 unspecified atom stereocenters. The number of halogens is 2. The SMILES string of the molecule is CN=C(NCc1ccc(OC)c(F)c1)NCc1ccc(C)cc1SC.I. The first-order valence-corrected chi connectivity index (χ1v) is 9.20. The highest BCUT2D eigenvalue weighted by atomic mass is 127. The standard InChI is InChI=1S/C19H24FN3OS.HI/c1-13-5-7-15(18(9-13)25-4)12-23-19(21-2)22-11-14-6-8-17(24-3)16(20)10-14;/h5-10H,11-12H2,1-4H3,(H2,21,22,23);1H. The molecule has 2 aromatic rings. The highest BCUT2D eigenvalue weighted by Gasteiger charge is 2.06. The van der Waals surface area contributed by atoms with Gasteiger partial charge in [0.2, 0.25) is 0 Å². The predicted molar refractivity (Wildman–Crippen MR) is 118 cm³/mol. The van der Waals surface area contributed by atoms with Crippen LogP contribution in [0.3, 0.4) is 0 Å². The van der Waals surface area contributed by atoms with E-state index in [1.807, 2.05) is 6.07 Å². The van der Waals surface area contributed by atoms with E-state index < -0.39 is 0 Å². The fourth-order valence-corrected chi connectivity index (χ4v) is 3.11. The van der Waals surface area contributed by atoms with Gasteiger partial charge in [-0.25, -0.2) is 4.39 Å². The van der Waals surface area contributed by atoms with E-state index in [-0.39, 0.29) is 35.5 Å². The summed E-state index contributed by atoms with van der Waals surface area (Å²) in [5.74, 6) is 0.549. The van der Waals surface area contributed by atoms with E-state index in [9.17, 15) is 4.39 Å². The molecule has 0 aliphatic heterocycles. The smallest absolute Gasteiger partial charge is 0.191 e. The highest BCUT2D eigenvalue weighted by molar-refractivity contribution is 14.0. The summed E-state index contributed by atoms with van der Waals surface area (Å²) in [6.45, 7) is 3.24. The zero-order valence-corrected chi connectivity index (χ0v) is 18.6. The lowest BCUT2D eigenvalue weighted by atomic mass is 10.1. The van der Waals surface area contributed by atoms with Crippen LogP contribution in [0.5, 0.6) is 5.75 Å². The van der Waals surface area contributed by atoms with E-state index in [4.69, 9.17) is 4.74 Å². The molecular formula is C19H25FIN3OS. The van der Waals surface area contributed by atoms with Crippen molar-refractivity contribution in [3.63, 3.8) is 0 Å². The van der Waals surface area contributed by atoms with Gasteiger partial charge in [0.25, 0.3) is 0 Å².